The Labute approximate surface area is 69.6 Å². The summed E-state index contributed by atoms with van der Waals surface area (Å²) >= 11 is -3.66. The van der Waals surface area contributed by atoms with Gasteiger partial charge in [0.2, 0.25) is 10.4 Å². The van der Waals surface area contributed by atoms with Crippen molar-refractivity contribution in [2.75, 3.05) is 0 Å². The molecule has 12 heavy (non-hydrogen) atoms. The van der Waals surface area contributed by atoms with Crippen LogP contribution in [-0.2, 0) is 32.0 Å². The molecule has 74 valence electrons. The summed E-state index contributed by atoms with van der Waals surface area (Å²) in [5.41, 5.74) is 0. The minimum atomic E-state index is -5.69. The van der Waals surface area contributed by atoms with Crippen molar-refractivity contribution >= 4 is 32.0 Å². The molecule has 0 aliphatic carbocycles. The Balaban J connectivity index is 4.58. The van der Waals surface area contributed by atoms with E-state index in [1.54, 1.807) is 4.13 Å². The maximum atomic E-state index is 11.5. The van der Waals surface area contributed by atoms with E-state index in [0.29, 0.717) is 0 Å². The van der Waals surface area contributed by atoms with E-state index in [2.05, 4.69) is 0 Å². The van der Waals surface area contributed by atoms with Crippen LogP contribution in [0, 0.1) is 0 Å². The van der Waals surface area contributed by atoms with Gasteiger partial charge in [-0.3, -0.25) is 8.42 Å². The van der Waals surface area contributed by atoms with Gasteiger partial charge in [0.15, 0.2) is 0 Å². The molecule has 0 fully saturated rings. The molecular weight excluding hydrogens is 242 g/mol. The van der Waals surface area contributed by atoms with Gasteiger partial charge in [0.25, 0.3) is 0 Å². The Morgan fingerprint density at radius 2 is 1.58 bits per heavy atom. The molecule has 1 atom stereocenters. The van der Waals surface area contributed by atoms with Crippen molar-refractivity contribution < 1.29 is 28.8 Å². The van der Waals surface area contributed by atoms with Crippen molar-refractivity contribution in [1.29, 1.82) is 0 Å². The molecule has 1 unspecified atom stereocenters. The van der Waals surface area contributed by atoms with Crippen LogP contribution in [-0.4, -0.2) is 21.0 Å². The Hall–Kier alpha value is -0.170. The molecular formula is F2N2O5S3-2. The van der Waals surface area contributed by atoms with E-state index in [9.17, 15) is 28.8 Å². The first-order valence-electron chi connectivity index (χ1n) is 1.87. The number of hydrogen-bond acceptors (Lipinski definition) is 5. The zero-order chi connectivity index (χ0) is 9.99. The van der Waals surface area contributed by atoms with Crippen LogP contribution in [0.25, 0.3) is 8.25 Å². The topological polar surface area (TPSA) is 114 Å². The summed E-state index contributed by atoms with van der Waals surface area (Å²) in [6, 6.07) is 0. The third-order valence-corrected chi connectivity index (χ3v) is 3.02. The second kappa shape index (κ2) is 3.69. The third-order valence-electron chi connectivity index (χ3n) is 0.336. The van der Waals surface area contributed by atoms with E-state index in [1.807, 2.05) is 0 Å². The van der Waals surface area contributed by atoms with Crippen LogP contribution in [0.3, 0.4) is 0 Å². The molecule has 0 rings (SSSR count). The lowest BCUT2D eigenvalue weighted by Gasteiger charge is -2.23. The first kappa shape index (κ1) is 11.8. The summed E-state index contributed by atoms with van der Waals surface area (Å²) in [6.45, 7) is 0. The Morgan fingerprint density at radius 1 is 1.17 bits per heavy atom. The Bertz CT molecular complexity index is 365. The molecule has 7 nitrogen and oxygen atoms in total. The monoisotopic (exact) mass is 242 g/mol. The average Bonchev–Trinajstić information content (AvgIpc) is 1.48. The quantitative estimate of drug-likeness (QED) is 0.630. The lowest BCUT2D eigenvalue weighted by atomic mass is 13.8. The fourth-order valence-electron chi connectivity index (χ4n) is 0.200. The van der Waals surface area contributed by atoms with Gasteiger partial charge in [-0.15, -0.1) is 3.89 Å². The Morgan fingerprint density at radius 3 is 1.83 bits per heavy atom. The molecule has 0 heterocycles. The van der Waals surface area contributed by atoms with Gasteiger partial charge < -0.3 is 8.25 Å². The summed E-state index contributed by atoms with van der Waals surface area (Å²) < 4.78 is 74.6. The van der Waals surface area contributed by atoms with Crippen molar-refractivity contribution in [1.82, 2.24) is 0 Å². The van der Waals surface area contributed by atoms with Crippen LogP contribution in [0.2, 0.25) is 0 Å². The molecule has 0 aliphatic heterocycles. The molecule has 0 aromatic rings. The minimum absolute atomic E-state index is 1.46. The number of halogens is 2. The number of nitrogens with zero attached hydrogens (tertiary/aromatic N) is 2. The third kappa shape index (κ3) is 6.53. The molecule has 0 aromatic carbocycles. The standard InChI is InChI=1S/F2N2O5S3/c1-10(5)3-12(8,9)4-11(2,6)7/q-2. The molecule has 0 amide bonds. The predicted octanol–water partition coefficient (Wildman–Crippen LogP) is -0.259. The van der Waals surface area contributed by atoms with Gasteiger partial charge in [0, 0.05) is 10.2 Å². The van der Waals surface area contributed by atoms with Gasteiger partial charge in [-0.2, -0.15) is 3.89 Å². The van der Waals surface area contributed by atoms with Gasteiger partial charge in [-0.1, -0.05) is 0 Å². The van der Waals surface area contributed by atoms with Gasteiger partial charge in [0.05, 0.1) is 0 Å². The fraction of sp³-hybridized carbons (Fsp3) is 0. The highest BCUT2D eigenvalue weighted by Crippen LogP contribution is 2.18. The maximum Gasteiger partial charge on any atom is 0.238 e. The van der Waals surface area contributed by atoms with E-state index < -0.39 is 32.0 Å². The van der Waals surface area contributed by atoms with E-state index in [4.69, 9.17) is 0 Å². The highest BCUT2D eigenvalue weighted by Gasteiger charge is 1.98. The van der Waals surface area contributed by atoms with Crippen molar-refractivity contribution in [3.05, 3.63) is 8.25 Å². The van der Waals surface area contributed by atoms with Crippen LogP contribution >= 0.6 is 0 Å². The molecule has 0 bridgehead atoms. The van der Waals surface area contributed by atoms with E-state index >= 15 is 0 Å². The molecule has 0 spiro atoms. The van der Waals surface area contributed by atoms with E-state index in [0.717, 1.165) is 0 Å². The SMILES string of the molecule is O=S(F)[N-]S(=O)(=O)[N-]S(=O)(=O)F. The molecule has 0 saturated heterocycles. The molecule has 0 N–H and O–H groups in total. The van der Waals surface area contributed by atoms with Crippen LogP contribution in [0.5, 0.6) is 0 Å². The molecule has 0 saturated carbocycles. The second-order valence-electron chi connectivity index (χ2n) is 1.22. The molecule has 12 heteroatoms. The van der Waals surface area contributed by atoms with Crippen LogP contribution in [0.1, 0.15) is 0 Å². The lowest BCUT2D eigenvalue weighted by molar-refractivity contribution is 0.560. The highest BCUT2D eigenvalue weighted by molar-refractivity contribution is 8.17. The van der Waals surface area contributed by atoms with Gasteiger partial charge >= 0.3 is 0 Å². The van der Waals surface area contributed by atoms with Gasteiger partial charge in [-0.25, -0.2) is 12.6 Å². The normalized spacial score (nSPS) is 15.8. The average molecular weight is 242 g/mol. The van der Waals surface area contributed by atoms with Crippen LogP contribution < -0.4 is 0 Å². The molecule has 0 aliphatic rings. The van der Waals surface area contributed by atoms with Crippen LogP contribution in [0.4, 0.5) is 7.77 Å². The fourth-order valence-corrected chi connectivity index (χ4v) is 2.05. The summed E-state index contributed by atoms with van der Waals surface area (Å²) in [4.78, 5) is 0. The largest absolute Gasteiger partial charge is 0.451 e. The smallest absolute Gasteiger partial charge is 0.238 e. The Kier molecular flexibility index (Phi) is 3.64. The summed E-state index contributed by atoms with van der Waals surface area (Å²) in [7, 11) is -10.9. The summed E-state index contributed by atoms with van der Waals surface area (Å²) in [6.07, 6.45) is 0. The van der Waals surface area contributed by atoms with Crippen molar-refractivity contribution in [3.63, 3.8) is 0 Å². The zero-order valence-electron chi connectivity index (χ0n) is 4.92. The second-order valence-corrected chi connectivity index (χ2v) is 4.54. The van der Waals surface area contributed by atoms with Crippen molar-refractivity contribution in [3.8, 4) is 0 Å². The number of rotatable bonds is 4. The first-order valence-corrected chi connectivity index (χ1v) is 5.62. The first-order chi connectivity index (χ1) is 5.12. The van der Waals surface area contributed by atoms with Crippen molar-refractivity contribution in [2.45, 2.75) is 0 Å². The van der Waals surface area contributed by atoms with Crippen molar-refractivity contribution in [2.24, 2.45) is 0 Å². The summed E-state index contributed by atoms with van der Waals surface area (Å²) in [5, 5.41) is 0. The minimum Gasteiger partial charge on any atom is -0.451 e. The van der Waals surface area contributed by atoms with E-state index in [-0.39, 0.29) is 0 Å². The maximum absolute atomic E-state index is 11.5. The zero-order valence-corrected chi connectivity index (χ0v) is 7.37. The van der Waals surface area contributed by atoms with Crippen LogP contribution in [0.15, 0.2) is 0 Å². The predicted molar refractivity (Wildman–Crippen MR) is 34.9 cm³/mol. The molecule has 0 aromatic heterocycles. The van der Waals surface area contributed by atoms with Gasteiger partial charge in [-0.05, 0) is 0 Å². The highest BCUT2D eigenvalue weighted by atomic mass is 32.3. The lowest BCUT2D eigenvalue weighted by Crippen LogP contribution is -2.01. The summed E-state index contributed by atoms with van der Waals surface area (Å²) in [5.74, 6) is 0. The van der Waals surface area contributed by atoms with Gasteiger partial charge in [0.1, 0.15) is 11.4 Å². The molecule has 0 radical (unpaired) electrons. The van der Waals surface area contributed by atoms with E-state index in [1.165, 1.54) is 4.13 Å². The number of hydrogen-bond donors (Lipinski definition) is 0.